The first-order chi connectivity index (χ1) is 8.09. The van der Waals surface area contributed by atoms with E-state index in [0.717, 1.165) is 11.0 Å². The van der Waals surface area contributed by atoms with E-state index in [9.17, 15) is 9.59 Å². The number of nitrogens with zero attached hydrogens (tertiary/aromatic N) is 2. The summed E-state index contributed by atoms with van der Waals surface area (Å²) < 4.78 is 0. The van der Waals surface area contributed by atoms with Gasteiger partial charge in [-0.2, -0.15) is 15.4 Å². The van der Waals surface area contributed by atoms with Gasteiger partial charge in [0.2, 0.25) is 0 Å². The van der Waals surface area contributed by atoms with E-state index < -0.39 is 11.9 Å². The van der Waals surface area contributed by atoms with Gasteiger partial charge in [0, 0.05) is 12.2 Å². The first kappa shape index (κ1) is 12.4. The van der Waals surface area contributed by atoms with E-state index in [1.807, 2.05) is 24.3 Å². The van der Waals surface area contributed by atoms with E-state index in [4.69, 9.17) is 10.2 Å². The SMILES string of the molecule is O=C(O)C=CC(=O)O.c1ccc2n[nH]nc2c1. The van der Waals surface area contributed by atoms with Crippen molar-refractivity contribution in [2.45, 2.75) is 0 Å². The van der Waals surface area contributed by atoms with Crippen LogP contribution in [-0.2, 0) is 9.59 Å². The molecule has 7 nitrogen and oxygen atoms in total. The van der Waals surface area contributed by atoms with E-state index in [-0.39, 0.29) is 0 Å². The summed E-state index contributed by atoms with van der Waals surface area (Å²) in [5, 5.41) is 25.9. The van der Waals surface area contributed by atoms with Gasteiger partial charge in [-0.3, -0.25) is 0 Å². The molecular formula is C10H9N3O4. The molecule has 1 aromatic heterocycles. The third-order valence-electron chi connectivity index (χ3n) is 1.59. The van der Waals surface area contributed by atoms with Crippen molar-refractivity contribution in [3.05, 3.63) is 36.4 Å². The molecule has 3 N–H and O–H groups in total. The van der Waals surface area contributed by atoms with Crippen molar-refractivity contribution < 1.29 is 19.8 Å². The first-order valence-electron chi connectivity index (χ1n) is 4.49. The van der Waals surface area contributed by atoms with Crippen LogP contribution in [0.4, 0.5) is 0 Å². The molecule has 88 valence electrons. The number of aromatic amines is 1. The van der Waals surface area contributed by atoms with Crippen LogP contribution in [0.3, 0.4) is 0 Å². The number of aliphatic carboxylic acids is 2. The molecule has 1 aromatic carbocycles. The Labute approximate surface area is 95.4 Å². The fraction of sp³-hybridized carbons (Fsp3) is 0. The molecule has 2 aromatic rings. The number of para-hydroxylation sites is 2. The maximum absolute atomic E-state index is 9.55. The van der Waals surface area contributed by atoms with Crippen LogP contribution in [-0.4, -0.2) is 37.6 Å². The summed E-state index contributed by atoms with van der Waals surface area (Å²) in [6, 6.07) is 7.70. The molecule has 0 aliphatic rings. The van der Waals surface area contributed by atoms with Gasteiger partial charge in [0.05, 0.1) is 0 Å². The second-order valence-electron chi connectivity index (χ2n) is 2.82. The van der Waals surface area contributed by atoms with Gasteiger partial charge in [-0.25, -0.2) is 9.59 Å². The second kappa shape index (κ2) is 6.01. The molecule has 7 heteroatoms. The largest absolute Gasteiger partial charge is 0.478 e. The minimum atomic E-state index is -1.26. The van der Waals surface area contributed by atoms with E-state index in [0.29, 0.717) is 12.2 Å². The highest BCUT2D eigenvalue weighted by atomic mass is 16.4. The van der Waals surface area contributed by atoms with Crippen LogP contribution in [0.5, 0.6) is 0 Å². The average Bonchev–Trinajstić information content (AvgIpc) is 2.75. The average molecular weight is 235 g/mol. The molecule has 0 atom stereocenters. The van der Waals surface area contributed by atoms with E-state index in [1.54, 1.807) is 0 Å². The maximum atomic E-state index is 9.55. The highest BCUT2D eigenvalue weighted by Gasteiger charge is 1.90. The molecule has 0 saturated heterocycles. The number of H-pyrrole nitrogens is 1. The molecule has 1 heterocycles. The lowest BCUT2D eigenvalue weighted by Crippen LogP contribution is -1.91. The quantitative estimate of drug-likeness (QED) is 0.658. The number of nitrogens with one attached hydrogen (secondary N) is 1. The number of carboxylic acids is 2. The standard InChI is InChI=1S/C6H5N3.C4H4O4/c1-2-4-6-5(3-1)7-9-8-6;5-3(6)1-2-4(7)8/h1-4H,(H,7,8,9);1-2H,(H,5,6)(H,7,8). The number of fused-ring (bicyclic) bond motifs is 1. The Balaban J connectivity index is 0.000000172. The van der Waals surface area contributed by atoms with Crippen LogP contribution in [0.15, 0.2) is 36.4 Å². The predicted molar refractivity (Wildman–Crippen MR) is 58.3 cm³/mol. The summed E-state index contributed by atoms with van der Waals surface area (Å²) in [6.45, 7) is 0. The zero-order valence-corrected chi connectivity index (χ0v) is 8.57. The van der Waals surface area contributed by atoms with Gasteiger partial charge in [0.1, 0.15) is 11.0 Å². The molecule has 0 amide bonds. The van der Waals surface area contributed by atoms with Crippen LogP contribution >= 0.6 is 0 Å². The molecule has 0 fully saturated rings. The second-order valence-corrected chi connectivity index (χ2v) is 2.82. The van der Waals surface area contributed by atoms with Gasteiger partial charge in [-0.1, -0.05) is 12.1 Å². The molecule has 0 aliphatic carbocycles. The maximum Gasteiger partial charge on any atom is 0.328 e. The Morgan fingerprint density at radius 2 is 1.41 bits per heavy atom. The Bertz CT molecular complexity index is 501. The van der Waals surface area contributed by atoms with Gasteiger partial charge in [-0.15, -0.1) is 0 Å². The number of carbonyl (C=O) groups is 2. The number of aromatic nitrogens is 3. The first-order valence-corrected chi connectivity index (χ1v) is 4.49. The predicted octanol–water partition coefficient (Wildman–Crippen LogP) is 0.670. The highest BCUT2D eigenvalue weighted by Crippen LogP contribution is 2.03. The number of hydrogen-bond donors (Lipinski definition) is 3. The number of hydrogen-bond acceptors (Lipinski definition) is 4. The molecule has 0 unspecified atom stereocenters. The van der Waals surface area contributed by atoms with Crippen molar-refractivity contribution in [1.82, 2.24) is 15.4 Å². The summed E-state index contributed by atoms with van der Waals surface area (Å²) in [4.78, 5) is 19.1. The molecule has 0 bridgehead atoms. The third kappa shape index (κ3) is 4.56. The summed E-state index contributed by atoms with van der Waals surface area (Å²) in [7, 11) is 0. The molecule has 0 saturated carbocycles. The molecule has 0 radical (unpaired) electrons. The lowest BCUT2D eigenvalue weighted by Gasteiger charge is -1.78. The molecule has 17 heavy (non-hydrogen) atoms. The summed E-state index contributed by atoms with van der Waals surface area (Å²) in [5.74, 6) is -2.51. The van der Waals surface area contributed by atoms with Gasteiger partial charge in [0.25, 0.3) is 0 Å². The summed E-state index contributed by atoms with van der Waals surface area (Å²) in [5.41, 5.74) is 1.83. The Morgan fingerprint density at radius 3 is 1.76 bits per heavy atom. The minimum absolute atomic E-state index is 0.558. The van der Waals surface area contributed by atoms with Gasteiger partial charge in [-0.05, 0) is 12.1 Å². The number of rotatable bonds is 2. The third-order valence-corrected chi connectivity index (χ3v) is 1.59. The molecule has 2 rings (SSSR count). The van der Waals surface area contributed by atoms with Crippen molar-refractivity contribution >= 4 is 23.0 Å². The van der Waals surface area contributed by atoms with Crippen LogP contribution in [0.2, 0.25) is 0 Å². The van der Waals surface area contributed by atoms with Crippen molar-refractivity contribution in [3.63, 3.8) is 0 Å². The molecular weight excluding hydrogens is 226 g/mol. The lowest BCUT2D eigenvalue weighted by atomic mass is 10.3. The minimum Gasteiger partial charge on any atom is -0.478 e. The zero-order chi connectivity index (χ0) is 12.7. The van der Waals surface area contributed by atoms with Gasteiger partial charge >= 0.3 is 11.9 Å². The Kier molecular flexibility index (Phi) is 4.37. The van der Waals surface area contributed by atoms with Crippen LogP contribution in [0.1, 0.15) is 0 Å². The zero-order valence-electron chi connectivity index (χ0n) is 8.57. The van der Waals surface area contributed by atoms with E-state index >= 15 is 0 Å². The van der Waals surface area contributed by atoms with Gasteiger partial charge in [0.15, 0.2) is 0 Å². The number of benzene rings is 1. The monoisotopic (exact) mass is 235 g/mol. The number of carboxylic acid groups (broad SMARTS) is 2. The lowest BCUT2D eigenvalue weighted by molar-refractivity contribution is -0.134. The molecule has 0 spiro atoms. The fourth-order valence-electron chi connectivity index (χ4n) is 0.929. The van der Waals surface area contributed by atoms with E-state index in [2.05, 4.69) is 15.4 Å². The summed E-state index contributed by atoms with van der Waals surface area (Å²) in [6.07, 6.45) is 1.12. The summed E-state index contributed by atoms with van der Waals surface area (Å²) >= 11 is 0. The topological polar surface area (TPSA) is 116 Å². The normalized spacial score (nSPS) is 9.88. The van der Waals surface area contributed by atoms with E-state index in [1.165, 1.54) is 0 Å². The van der Waals surface area contributed by atoms with Crippen molar-refractivity contribution in [2.24, 2.45) is 0 Å². The molecule has 0 aliphatic heterocycles. The highest BCUT2D eigenvalue weighted by molar-refractivity contribution is 5.89. The smallest absolute Gasteiger partial charge is 0.328 e. The van der Waals surface area contributed by atoms with Gasteiger partial charge < -0.3 is 10.2 Å². The van der Waals surface area contributed by atoms with Crippen LogP contribution in [0.25, 0.3) is 11.0 Å². The Morgan fingerprint density at radius 1 is 1.00 bits per heavy atom. The van der Waals surface area contributed by atoms with Crippen molar-refractivity contribution in [3.8, 4) is 0 Å². The van der Waals surface area contributed by atoms with Crippen LogP contribution < -0.4 is 0 Å². The Hall–Kier alpha value is -2.70. The fourth-order valence-corrected chi connectivity index (χ4v) is 0.929. The van der Waals surface area contributed by atoms with Crippen LogP contribution in [0, 0.1) is 0 Å². The van der Waals surface area contributed by atoms with Crippen molar-refractivity contribution in [2.75, 3.05) is 0 Å². The van der Waals surface area contributed by atoms with Crippen molar-refractivity contribution in [1.29, 1.82) is 0 Å².